The number of ether oxygens (including phenoxy) is 1. The summed E-state index contributed by atoms with van der Waals surface area (Å²) in [6.07, 6.45) is 1.14. The number of amides is 1. The first kappa shape index (κ1) is 19.3. The maximum absolute atomic E-state index is 12.1. The third kappa shape index (κ3) is 9.27. The first-order chi connectivity index (χ1) is 9.03. The Morgan fingerprint density at radius 1 is 1.20 bits per heavy atom. The highest BCUT2D eigenvalue weighted by Crippen LogP contribution is 2.22. The zero-order valence-electron chi connectivity index (χ0n) is 13.4. The van der Waals surface area contributed by atoms with Crippen molar-refractivity contribution in [1.82, 2.24) is 0 Å². The van der Waals surface area contributed by atoms with Gasteiger partial charge in [0.1, 0.15) is 13.2 Å². The number of nitrogens with zero attached hydrogens (tertiary/aromatic N) is 1. The van der Waals surface area contributed by atoms with E-state index in [4.69, 9.17) is 10.5 Å². The second-order valence-electron chi connectivity index (χ2n) is 6.75. The number of carbonyl (C=O) groups excluding carboxylic acids is 2. The Hall–Kier alpha value is -0.670. The van der Waals surface area contributed by atoms with Gasteiger partial charge in [0.15, 0.2) is 0 Å². The lowest BCUT2D eigenvalue weighted by Gasteiger charge is -2.25. The van der Waals surface area contributed by atoms with Crippen molar-refractivity contribution in [3.63, 3.8) is 0 Å². The minimum atomic E-state index is -0.400. The first-order valence-electron chi connectivity index (χ1n) is 7.05. The van der Waals surface area contributed by atoms with Crippen molar-refractivity contribution < 1.29 is 18.8 Å². The number of rotatable bonds is 9. The van der Waals surface area contributed by atoms with Crippen molar-refractivity contribution in [3.05, 3.63) is 0 Å². The zero-order valence-corrected chi connectivity index (χ0v) is 14.5. The van der Waals surface area contributed by atoms with Gasteiger partial charge in [-0.2, -0.15) is 0 Å². The van der Waals surface area contributed by atoms with Crippen molar-refractivity contribution in [2.45, 2.75) is 32.3 Å². The number of nitrogens with two attached hydrogens (primary N) is 1. The molecule has 0 aromatic carbocycles. The zero-order chi connectivity index (χ0) is 15.9. The molecule has 118 valence electrons. The quantitative estimate of drug-likeness (QED) is 0.393. The predicted octanol–water partition coefficient (Wildman–Crippen LogP) is 1.02. The topological polar surface area (TPSA) is 69.4 Å². The molecular weight excluding hydrogens is 275 g/mol. The van der Waals surface area contributed by atoms with Crippen molar-refractivity contribution in [1.29, 1.82) is 0 Å². The molecule has 0 bridgehead atoms. The normalized spacial score (nSPS) is 14.9. The molecule has 0 aliphatic rings. The van der Waals surface area contributed by atoms with Gasteiger partial charge in [-0.3, -0.25) is 9.59 Å². The van der Waals surface area contributed by atoms with Crippen LogP contribution in [0.1, 0.15) is 26.7 Å². The Morgan fingerprint density at radius 3 is 2.15 bits per heavy atom. The SMILES string of the molecule is CC(C)CC(CC(P)C(N)=O)C(=O)OCC[N+](C)(C)C. The van der Waals surface area contributed by atoms with Gasteiger partial charge in [-0.1, -0.05) is 13.8 Å². The molecule has 0 aromatic heterocycles. The molecule has 0 spiro atoms. The van der Waals surface area contributed by atoms with Crippen LogP contribution in [0.5, 0.6) is 0 Å². The third-order valence-electron chi connectivity index (χ3n) is 3.00. The van der Waals surface area contributed by atoms with Crippen LogP contribution in [-0.4, -0.2) is 56.3 Å². The fourth-order valence-electron chi connectivity index (χ4n) is 1.82. The number of primary amides is 1. The first-order valence-corrected chi connectivity index (χ1v) is 7.71. The highest BCUT2D eigenvalue weighted by molar-refractivity contribution is 7.19. The number of hydrogen-bond acceptors (Lipinski definition) is 3. The maximum Gasteiger partial charge on any atom is 0.309 e. The highest BCUT2D eigenvalue weighted by Gasteiger charge is 2.26. The van der Waals surface area contributed by atoms with Crippen LogP contribution in [0.15, 0.2) is 0 Å². The molecule has 2 N–H and O–H groups in total. The number of quaternary nitrogens is 1. The van der Waals surface area contributed by atoms with Gasteiger partial charge in [0.05, 0.1) is 32.7 Å². The van der Waals surface area contributed by atoms with Crippen molar-refractivity contribution in [2.24, 2.45) is 17.6 Å². The summed E-state index contributed by atoms with van der Waals surface area (Å²) < 4.78 is 6.09. The monoisotopic (exact) mass is 305 g/mol. The van der Waals surface area contributed by atoms with Crippen LogP contribution in [0.25, 0.3) is 0 Å². The summed E-state index contributed by atoms with van der Waals surface area (Å²) in [5.74, 6) is -0.516. The third-order valence-corrected chi connectivity index (χ3v) is 3.60. The number of carbonyl (C=O) groups is 2. The average molecular weight is 305 g/mol. The summed E-state index contributed by atoms with van der Waals surface area (Å²) in [5.41, 5.74) is 4.87. The van der Waals surface area contributed by atoms with Crippen LogP contribution in [0.3, 0.4) is 0 Å². The predicted molar refractivity (Wildman–Crippen MR) is 84.1 cm³/mol. The number of esters is 1. The molecule has 0 heterocycles. The molecular formula is C14H30N2O3P+. The Bertz CT molecular complexity index is 327. The van der Waals surface area contributed by atoms with Crippen molar-refractivity contribution in [2.75, 3.05) is 34.3 Å². The van der Waals surface area contributed by atoms with Crippen LogP contribution in [-0.2, 0) is 14.3 Å². The molecule has 6 heteroatoms. The van der Waals surface area contributed by atoms with E-state index in [1.54, 1.807) is 0 Å². The molecule has 0 fully saturated rings. The molecule has 1 amide bonds. The largest absolute Gasteiger partial charge is 0.459 e. The molecule has 0 radical (unpaired) electrons. The van der Waals surface area contributed by atoms with Gasteiger partial charge in [-0.15, -0.1) is 9.24 Å². The second-order valence-corrected chi connectivity index (χ2v) is 7.56. The van der Waals surface area contributed by atoms with Crippen LogP contribution in [0, 0.1) is 11.8 Å². The van der Waals surface area contributed by atoms with E-state index in [1.807, 2.05) is 35.0 Å². The Morgan fingerprint density at radius 2 is 1.75 bits per heavy atom. The molecule has 0 rings (SSSR count). The Labute approximate surface area is 125 Å². The highest BCUT2D eigenvalue weighted by atomic mass is 31.0. The minimum absolute atomic E-state index is 0.221. The smallest absolute Gasteiger partial charge is 0.309 e. The fourth-order valence-corrected chi connectivity index (χ4v) is 2.15. The second kappa shape index (κ2) is 8.58. The van der Waals surface area contributed by atoms with E-state index in [9.17, 15) is 9.59 Å². The molecule has 20 heavy (non-hydrogen) atoms. The summed E-state index contributed by atoms with van der Waals surface area (Å²) in [7, 11) is 8.55. The number of likely N-dealkylation sites (N-methyl/N-ethyl adjacent to an activating group) is 1. The van der Waals surface area contributed by atoms with Gasteiger partial charge in [-0.05, 0) is 18.8 Å². The van der Waals surface area contributed by atoms with E-state index >= 15 is 0 Å². The van der Waals surface area contributed by atoms with Gasteiger partial charge in [0.25, 0.3) is 0 Å². The number of hydrogen-bond donors (Lipinski definition) is 1. The molecule has 0 aromatic rings. The van der Waals surface area contributed by atoms with Gasteiger partial charge in [-0.25, -0.2) is 0 Å². The van der Waals surface area contributed by atoms with E-state index < -0.39 is 5.91 Å². The van der Waals surface area contributed by atoms with E-state index in [2.05, 4.69) is 9.24 Å². The van der Waals surface area contributed by atoms with Gasteiger partial charge in [0, 0.05) is 0 Å². The molecule has 0 aliphatic carbocycles. The van der Waals surface area contributed by atoms with Gasteiger partial charge < -0.3 is 15.0 Å². The van der Waals surface area contributed by atoms with Crippen LogP contribution in [0.2, 0.25) is 0 Å². The minimum Gasteiger partial charge on any atom is -0.459 e. The molecule has 3 unspecified atom stereocenters. The average Bonchev–Trinajstić information content (AvgIpc) is 2.25. The van der Waals surface area contributed by atoms with E-state index in [1.165, 1.54) is 0 Å². The lowest BCUT2D eigenvalue weighted by molar-refractivity contribution is -0.870. The maximum atomic E-state index is 12.1. The summed E-state index contributed by atoms with van der Waals surface area (Å²) in [6.45, 7) is 5.26. The summed E-state index contributed by atoms with van der Waals surface area (Å²) in [6, 6.07) is 0. The lowest BCUT2D eigenvalue weighted by atomic mass is 9.92. The van der Waals surface area contributed by atoms with E-state index in [0.29, 0.717) is 25.4 Å². The van der Waals surface area contributed by atoms with Gasteiger partial charge >= 0.3 is 5.97 Å². The van der Waals surface area contributed by atoms with E-state index in [-0.39, 0.29) is 17.5 Å². The van der Waals surface area contributed by atoms with Crippen molar-refractivity contribution in [3.8, 4) is 0 Å². The van der Waals surface area contributed by atoms with Crippen molar-refractivity contribution >= 4 is 21.1 Å². The summed E-state index contributed by atoms with van der Waals surface area (Å²) in [5, 5.41) is 0. The molecule has 0 aliphatic heterocycles. The van der Waals surface area contributed by atoms with Crippen LogP contribution < -0.4 is 5.73 Å². The molecule has 0 saturated heterocycles. The fraction of sp³-hybridized carbons (Fsp3) is 0.857. The van der Waals surface area contributed by atoms with Crippen LogP contribution in [0.4, 0.5) is 0 Å². The summed E-state index contributed by atoms with van der Waals surface area (Å²) in [4.78, 5) is 23.3. The molecule has 0 saturated carbocycles. The molecule has 5 nitrogen and oxygen atoms in total. The standard InChI is InChI=1S/C14H29N2O3P/c1-10(2)8-11(9-12(20)13(15)17)14(18)19-7-6-16(3,4)5/h10-12H,6-9,20H2,1-5H3,(H-,15,17)/p+1. The molecule has 3 atom stereocenters. The van der Waals surface area contributed by atoms with Crippen LogP contribution >= 0.6 is 9.24 Å². The lowest BCUT2D eigenvalue weighted by Crippen LogP contribution is -2.38. The van der Waals surface area contributed by atoms with E-state index in [0.717, 1.165) is 11.0 Å². The Balaban J connectivity index is 4.45. The Kier molecular flexibility index (Phi) is 8.29. The van der Waals surface area contributed by atoms with Gasteiger partial charge in [0.2, 0.25) is 5.91 Å². The summed E-state index contributed by atoms with van der Waals surface area (Å²) >= 11 is 0.